The molecule has 1 aliphatic rings. The number of quaternary nitrogens is 1. The molecule has 2 rings (SSSR count). The van der Waals surface area contributed by atoms with Gasteiger partial charge in [-0.3, -0.25) is 4.79 Å². The Labute approximate surface area is 169 Å². The van der Waals surface area contributed by atoms with Crippen LogP contribution in [0.15, 0.2) is 23.1 Å². The minimum atomic E-state index is -3.60. The topological polar surface area (TPSA) is 80.2 Å². The molecule has 0 radical (unpaired) electrons. The standard InChI is InChI=1S/C20H33N3O4S/c1-5-23(6-2)28(25,26)17-10-11-19(27-7-3)18(13-17)21-20(24)15-22-12-8-9-16(4)14-22/h10-11,13,16H,5-9,12,14-15H2,1-4H3,(H,21,24)/p+1/t16-/m1/s1. The van der Waals surface area contributed by atoms with Crippen molar-refractivity contribution >= 4 is 21.6 Å². The summed E-state index contributed by atoms with van der Waals surface area (Å²) >= 11 is 0. The van der Waals surface area contributed by atoms with E-state index in [2.05, 4.69) is 12.2 Å². The van der Waals surface area contributed by atoms with E-state index >= 15 is 0 Å². The molecule has 0 spiro atoms. The van der Waals surface area contributed by atoms with Crippen LogP contribution in [-0.4, -0.2) is 58.0 Å². The van der Waals surface area contributed by atoms with Gasteiger partial charge in [-0.25, -0.2) is 8.42 Å². The zero-order valence-electron chi connectivity index (χ0n) is 17.5. The number of benzene rings is 1. The molecular weight excluding hydrogens is 378 g/mol. The highest BCUT2D eigenvalue weighted by Gasteiger charge is 2.25. The second-order valence-corrected chi connectivity index (χ2v) is 9.29. The van der Waals surface area contributed by atoms with E-state index in [1.165, 1.54) is 27.8 Å². The van der Waals surface area contributed by atoms with Gasteiger partial charge in [0.25, 0.3) is 5.91 Å². The molecule has 1 aromatic rings. The summed E-state index contributed by atoms with van der Waals surface area (Å²) in [6, 6.07) is 4.65. The number of anilines is 1. The summed E-state index contributed by atoms with van der Waals surface area (Å²) in [4.78, 5) is 14.0. The Morgan fingerprint density at radius 2 is 2.00 bits per heavy atom. The molecule has 1 heterocycles. The summed E-state index contributed by atoms with van der Waals surface area (Å²) in [6.07, 6.45) is 2.34. The number of carbonyl (C=O) groups is 1. The fraction of sp³-hybridized carbons (Fsp3) is 0.650. The minimum Gasteiger partial charge on any atom is -0.492 e. The monoisotopic (exact) mass is 412 g/mol. The molecule has 1 aromatic carbocycles. The maximum absolute atomic E-state index is 12.8. The van der Waals surface area contributed by atoms with Crippen LogP contribution >= 0.6 is 0 Å². The number of rotatable bonds is 9. The number of hydrogen-bond donors (Lipinski definition) is 2. The Kier molecular flexibility index (Phi) is 8.27. The molecule has 0 aliphatic carbocycles. The minimum absolute atomic E-state index is 0.123. The first-order valence-corrected chi connectivity index (χ1v) is 11.7. The number of hydrogen-bond acceptors (Lipinski definition) is 4. The lowest BCUT2D eigenvalue weighted by Crippen LogP contribution is -3.14. The average Bonchev–Trinajstić information content (AvgIpc) is 2.64. The third kappa shape index (κ3) is 5.68. The second-order valence-electron chi connectivity index (χ2n) is 7.36. The van der Waals surface area contributed by atoms with Crippen LogP contribution in [-0.2, 0) is 14.8 Å². The lowest BCUT2D eigenvalue weighted by atomic mass is 10.0. The van der Waals surface area contributed by atoms with Crippen molar-refractivity contribution in [2.75, 3.05) is 44.6 Å². The summed E-state index contributed by atoms with van der Waals surface area (Å²) in [5, 5.41) is 2.88. The van der Waals surface area contributed by atoms with Crippen molar-refractivity contribution in [3.05, 3.63) is 18.2 Å². The Bertz CT molecular complexity index is 763. The largest absolute Gasteiger partial charge is 0.492 e. The van der Waals surface area contributed by atoms with Gasteiger partial charge in [-0.1, -0.05) is 20.8 Å². The van der Waals surface area contributed by atoms with E-state index < -0.39 is 10.0 Å². The lowest BCUT2D eigenvalue weighted by Gasteiger charge is -2.27. The first-order chi connectivity index (χ1) is 13.3. The highest BCUT2D eigenvalue weighted by Crippen LogP contribution is 2.29. The van der Waals surface area contributed by atoms with Crippen LogP contribution < -0.4 is 15.0 Å². The number of sulfonamides is 1. The number of carbonyl (C=O) groups excluding carboxylic acids is 1. The smallest absolute Gasteiger partial charge is 0.279 e. The molecule has 1 saturated heterocycles. The van der Waals surface area contributed by atoms with Gasteiger partial charge in [0.05, 0.1) is 30.3 Å². The molecule has 0 bridgehead atoms. The van der Waals surface area contributed by atoms with Crippen molar-refractivity contribution in [1.29, 1.82) is 0 Å². The molecule has 7 nitrogen and oxygen atoms in total. The van der Waals surface area contributed by atoms with Crippen LogP contribution in [0.5, 0.6) is 5.75 Å². The Balaban J connectivity index is 2.22. The number of ether oxygens (including phenoxy) is 1. The Morgan fingerprint density at radius 1 is 1.29 bits per heavy atom. The summed E-state index contributed by atoms with van der Waals surface area (Å²) in [5.74, 6) is 0.983. The number of nitrogens with zero attached hydrogens (tertiary/aromatic N) is 1. The number of amides is 1. The molecule has 8 heteroatoms. The molecule has 1 aliphatic heterocycles. The molecule has 2 N–H and O–H groups in total. The van der Waals surface area contributed by atoms with Gasteiger partial charge in [0.2, 0.25) is 10.0 Å². The van der Waals surface area contributed by atoms with E-state index in [1.54, 1.807) is 19.9 Å². The number of piperidine rings is 1. The molecule has 0 saturated carbocycles. The van der Waals surface area contributed by atoms with Crippen LogP contribution in [0, 0.1) is 5.92 Å². The van der Waals surface area contributed by atoms with E-state index in [0.29, 0.717) is 43.6 Å². The van der Waals surface area contributed by atoms with Crippen LogP contribution in [0.3, 0.4) is 0 Å². The van der Waals surface area contributed by atoms with Gasteiger partial charge in [-0.05, 0) is 38.0 Å². The van der Waals surface area contributed by atoms with Gasteiger partial charge in [0.15, 0.2) is 6.54 Å². The van der Waals surface area contributed by atoms with Crippen LogP contribution in [0.25, 0.3) is 0 Å². The maximum Gasteiger partial charge on any atom is 0.279 e. The predicted molar refractivity (Wildman–Crippen MR) is 110 cm³/mol. The zero-order chi connectivity index (χ0) is 20.7. The second kappa shape index (κ2) is 10.2. The fourth-order valence-electron chi connectivity index (χ4n) is 3.74. The molecule has 0 aromatic heterocycles. The lowest BCUT2D eigenvalue weighted by molar-refractivity contribution is -0.900. The fourth-order valence-corrected chi connectivity index (χ4v) is 5.23. The maximum atomic E-state index is 12.8. The molecular formula is C20H34N3O4S+. The van der Waals surface area contributed by atoms with Gasteiger partial charge in [0.1, 0.15) is 5.75 Å². The van der Waals surface area contributed by atoms with Crippen molar-refractivity contribution in [3.8, 4) is 5.75 Å². The summed E-state index contributed by atoms with van der Waals surface area (Å²) in [6.45, 7) is 11.3. The van der Waals surface area contributed by atoms with Gasteiger partial charge < -0.3 is 15.0 Å². The van der Waals surface area contributed by atoms with Crippen molar-refractivity contribution in [1.82, 2.24) is 4.31 Å². The predicted octanol–water partition coefficient (Wildman–Crippen LogP) is 1.37. The average molecular weight is 413 g/mol. The Morgan fingerprint density at radius 3 is 2.61 bits per heavy atom. The summed E-state index contributed by atoms with van der Waals surface area (Å²) < 4.78 is 32.6. The number of nitrogens with one attached hydrogen (secondary N) is 2. The molecule has 1 unspecified atom stereocenters. The van der Waals surface area contributed by atoms with Gasteiger partial charge >= 0.3 is 0 Å². The molecule has 158 valence electrons. The van der Waals surface area contributed by atoms with Gasteiger partial charge in [0, 0.05) is 19.0 Å². The van der Waals surface area contributed by atoms with E-state index in [-0.39, 0.29) is 10.8 Å². The van der Waals surface area contributed by atoms with Crippen molar-refractivity contribution in [2.45, 2.75) is 45.4 Å². The molecule has 1 amide bonds. The quantitative estimate of drug-likeness (QED) is 0.642. The summed E-state index contributed by atoms with van der Waals surface area (Å²) in [7, 11) is -3.60. The number of likely N-dealkylation sites (tertiary alicyclic amines) is 1. The van der Waals surface area contributed by atoms with E-state index in [0.717, 1.165) is 19.5 Å². The highest BCUT2D eigenvalue weighted by molar-refractivity contribution is 7.89. The first kappa shape index (κ1) is 22.6. The van der Waals surface area contributed by atoms with Crippen LogP contribution in [0.4, 0.5) is 5.69 Å². The summed E-state index contributed by atoms with van der Waals surface area (Å²) in [5.41, 5.74) is 0.407. The van der Waals surface area contributed by atoms with Gasteiger partial charge in [-0.2, -0.15) is 4.31 Å². The third-order valence-corrected chi connectivity index (χ3v) is 7.19. The third-order valence-electron chi connectivity index (χ3n) is 5.14. The normalized spacial score (nSPS) is 20.2. The van der Waals surface area contributed by atoms with Crippen molar-refractivity contribution in [3.63, 3.8) is 0 Å². The molecule has 1 fully saturated rings. The van der Waals surface area contributed by atoms with Crippen LogP contribution in [0.1, 0.15) is 40.5 Å². The van der Waals surface area contributed by atoms with Crippen molar-refractivity contribution < 1.29 is 22.8 Å². The van der Waals surface area contributed by atoms with E-state index in [1.807, 2.05) is 6.92 Å². The van der Waals surface area contributed by atoms with E-state index in [9.17, 15) is 13.2 Å². The van der Waals surface area contributed by atoms with Gasteiger partial charge in [-0.15, -0.1) is 0 Å². The first-order valence-electron chi connectivity index (χ1n) is 10.2. The molecule has 2 atom stereocenters. The van der Waals surface area contributed by atoms with Crippen LogP contribution in [0.2, 0.25) is 0 Å². The SMILES string of the molecule is CCOc1ccc(S(=O)(=O)N(CC)CC)cc1NC(=O)C[NH+]1CCC[C@@H](C)C1. The zero-order valence-corrected chi connectivity index (χ0v) is 18.3. The van der Waals surface area contributed by atoms with Crippen molar-refractivity contribution in [2.24, 2.45) is 5.92 Å². The highest BCUT2D eigenvalue weighted by atomic mass is 32.2. The Hall–Kier alpha value is -1.64. The molecule has 28 heavy (non-hydrogen) atoms. The van der Waals surface area contributed by atoms with E-state index in [4.69, 9.17) is 4.74 Å².